The zero-order valence-electron chi connectivity index (χ0n) is 15.9. The summed E-state index contributed by atoms with van der Waals surface area (Å²) in [6.45, 7) is 5.25. The van der Waals surface area contributed by atoms with E-state index in [0.29, 0.717) is 24.6 Å². The molecule has 2 aromatic heterocycles. The number of aliphatic hydroxyl groups excluding tert-OH is 1. The predicted molar refractivity (Wildman–Crippen MR) is 105 cm³/mol. The SMILES string of the molecule is CC1(C)C(=O)Cc2cc(Nc3nc4c(N5CC[C@@H](O)C5)nccn4n3)ccc21. The highest BCUT2D eigenvalue weighted by Gasteiger charge is 2.37. The molecule has 0 bridgehead atoms. The van der Waals surface area contributed by atoms with Crippen LogP contribution < -0.4 is 10.2 Å². The van der Waals surface area contributed by atoms with E-state index in [1.807, 2.05) is 36.9 Å². The summed E-state index contributed by atoms with van der Waals surface area (Å²) in [7, 11) is 0. The van der Waals surface area contributed by atoms with Gasteiger partial charge in [-0.2, -0.15) is 4.98 Å². The molecule has 0 unspecified atom stereocenters. The number of benzene rings is 1. The molecule has 1 saturated heterocycles. The third-order valence-corrected chi connectivity index (χ3v) is 5.78. The van der Waals surface area contributed by atoms with Crippen molar-refractivity contribution in [2.75, 3.05) is 23.3 Å². The van der Waals surface area contributed by atoms with E-state index >= 15 is 0 Å². The smallest absolute Gasteiger partial charge is 0.247 e. The standard InChI is InChI=1S/C20H22N6O2/c1-20(2)15-4-3-13(9-12(15)10-16(20)28)22-19-23-18-17(21-6-8-26(18)24-19)25-7-5-14(27)11-25/h3-4,6,8-9,14,27H,5,7,10-11H2,1-2H3,(H,22,24)/t14-/m1/s1. The summed E-state index contributed by atoms with van der Waals surface area (Å²) in [5.74, 6) is 1.44. The Morgan fingerprint density at radius 2 is 2.18 bits per heavy atom. The van der Waals surface area contributed by atoms with E-state index in [4.69, 9.17) is 0 Å². The van der Waals surface area contributed by atoms with Gasteiger partial charge in [-0.1, -0.05) is 6.07 Å². The van der Waals surface area contributed by atoms with Crippen molar-refractivity contribution < 1.29 is 9.90 Å². The van der Waals surface area contributed by atoms with E-state index in [1.165, 1.54) is 0 Å². The number of carbonyl (C=O) groups excluding carboxylic acids is 1. The quantitative estimate of drug-likeness (QED) is 0.718. The lowest BCUT2D eigenvalue weighted by molar-refractivity contribution is -0.121. The maximum atomic E-state index is 12.2. The summed E-state index contributed by atoms with van der Waals surface area (Å²) >= 11 is 0. The first-order chi connectivity index (χ1) is 13.4. The highest BCUT2D eigenvalue weighted by atomic mass is 16.3. The Hall–Kier alpha value is -3.00. The van der Waals surface area contributed by atoms with Crippen LogP contribution in [0.1, 0.15) is 31.4 Å². The van der Waals surface area contributed by atoms with Gasteiger partial charge in [0.25, 0.3) is 0 Å². The van der Waals surface area contributed by atoms with Gasteiger partial charge in [0.05, 0.1) is 6.10 Å². The van der Waals surface area contributed by atoms with Crippen LogP contribution in [0.2, 0.25) is 0 Å². The minimum atomic E-state index is -0.421. The molecule has 2 N–H and O–H groups in total. The first kappa shape index (κ1) is 17.1. The van der Waals surface area contributed by atoms with Crippen LogP contribution in [0.25, 0.3) is 5.65 Å². The lowest BCUT2D eigenvalue weighted by atomic mass is 9.86. The molecule has 0 amide bonds. The molecule has 3 aromatic rings. The van der Waals surface area contributed by atoms with Crippen LogP contribution >= 0.6 is 0 Å². The minimum absolute atomic E-state index is 0.244. The van der Waals surface area contributed by atoms with Crippen LogP contribution in [0, 0.1) is 0 Å². The first-order valence-corrected chi connectivity index (χ1v) is 9.50. The van der Waals surface area contributed by atoms with Crippen LogP contribution in [0.4, 0.5) is 17.5 Å². The second-order valence-electron chi connectivity index (χ2n) is 8.06. The number of nitrogens with zero attached hydrogens (tertiary/aromatic N) is 5. The summed E-state index contributed by atoms with van der Waals surface area (Å²) in [5.41, 5.74) is 3.22. The fourth-order valence-electron chi connectivity index (χ4n) is 4.12. The number of hydrogen-bond acceptors (Lipinski definition) is 7. The minimum Gasteiger partial charge on any atom is -0.391 e. The highest BCUT2D eigenvalue weighted by molar-refractivity contribution is 5.96. The molecule has 1 aliphatic carbocycles. The zero-order chi connectivity index (χ0) is 19.5. The summed E-state index contributed by atoms with van der Waals surface area (Å²) in [6.07, 6.45) is 4.30. The van der Waals surface area contributed by atoms with Gasteiger partial charge in [-0.05, 0) is 43.5 Å². The molecule has 8 nitrogen and oxygen atoms in total. The van der Waals surface area contributed by atoms with Gasteiger partial charge in [-0.15, -0.1) is 5.10 Å². The third kappa shape index (κ3) is 2.63. The number of aromatic nitrogens is 4. The average molecular weight is 378 g/mol. The number of fused-ring (bicyclic) bond motifs is 2. The number of β-amino-alcohol motifs (C(OH)–C–C–N with tert-alkyl or cyclic N) is 1. The van der Waals surface area contributed by atoms with Gasteiger partial charge in [0.15, 0.2) is 11.5 Å². The predicted octanol–water partition coefficient (Wildman–Crippen LogP) is 1.84. The number of nitrogens with one attached hydrogen (secondary N) is 1. The molecule has 8 heteroatoms. The van der Waals surface area contributed by atoms with Crippen molar-refractivity contribution in [1.82, 2.24) is 19.6 Å². The molecule has 144 valence electrons. The maximum Gasteiger partial charge on any atom is 0.247 e. The van der Waals surface area contributed by atoms with Gasteiger partial charge in [0, 0.05) is 43.0 Å². The molecule has 0 radical (unpaired) electrons. The number of ketones is 1. The van der Waals surface area contributed by atoms with Gasteiger partial charge >= 0.3 is 0 Å². The van der Waals surface area contributed by atoms with Gasteiger partial charge < -0.3 is 15.3 Å². The molecule has 0 spiro atoms. The normalized spacial score (nSPS) is 20.8. The number of rotatable bonds is 3. The molecule has 1 atom stereocenters. The number of carbonyl (C=O) groups is 1. The van der Waals surface area contributed by atoms with E-state index < -0.39 is 5.41 Å². The summed E-state index contributed by atoms with van der Waals surface area (Å²) in [4.78, 5) is 23.3. The Morgan fingerprint density at radius 3 is 2.96 bits per heavy atom. The zero-order valence-corrected chi connectivity index (χ0v) is 15.9. The molecule has 28 heavy (non-hydrogen) atoms. The third-order valence-electron chi connectivity index (χ3n) is 5.78. The summed E-state index contributed by atoms with van der Waals surface area (Å²) in [5, 5.41) is 17.6. The lowest BCUT2D eigenvalue weighted by Crippen LogP contribution is -2.23. The van der Waals surface area contributed by atoms with E-state index in [1.54, 1.807) is 16.9 Å². The molecular weight excluding hydrogens is 356 g/mol. The van der Waals surface area contributed by atoms with E-state index in [2.05, 4.69) is 20.4 Å². The Kier molecular flexibility index (Phi) is 3.67. The van der Waals surface area contributed by atoms with Gasteiger partial charge in [0.1, 0.15) is 5.78 Å². The fraction of sp³-hybridized carbons (Fsp3) is 0.400. The number of hydrogen-bond donors (Lipinski definition) is 2. The first-order valence-electron chi connectivity index (χ1n) is 9.50. The number of Topliss-reactive ketones (excluding diaryl/α,β-unsaturated/α-hetero) is 1. The summed E-state index contributed by atoms with van der Waals surface area (Å²) in [6, 6.07) is 5.97. The fourth-order valence-corrected chi connectivity index (χ4v) is 4.12. The average Bonchev–Trinajstić information content (AvgIpc) is 3.31. The van der Waals surface area contributed by atoms with Crippen molar-refractivity contribution in [1.29, 1.82) is 0 Å². The Labute approximate surface area is 162 Å². The van der Waals surface area contributed by atoms with Crippen LogP contribution in [-0.2, 0) is 16.6 Å². The van der Waals surface area contributed by atoms with E-state index in [0.717, 1.165) is 35.6 Å². The van der Waals surface area contributed by atoms with Crippen molar-refractivity contribution in [2.45, 2.75) is 38.2 Å². The summed E-state index contributed by atoms with van der Waals surface area (Å²) < 4.78 is 1.69. The molecule has 5 rings (SSSR count). The lowest BCUT2D eigenvalue weighted by Gasteiger charge is -2.17. The molecule has 1 aromatic carbocycles. The molecule has 1 fully saturated rings. The topological polar surface area (TPSA) is 95.7 Å². The number of aliphatic hydroxyl groups is 1. The van der Waals surface area contributed by atoms with Crippen LogP contribution in [-0.4, -0.2) is 49.7 Å². The van der Waals surface area contributed by atoms with Crippen molar-refractivity contribution >= 4 is 28.9 Å². The largest absolute Gasteiger partial charge is 0.391 e. The van der Waals surface area contributed by atoms with Crippen LogP contribution in [0.5, 0.6) is 0 Å². The Morgan fingerprint density at radius 1 is 1.32 bits per heavy atom. The molecule has 0 saturated carbocycles. The van der Waals surface area contributed by atoms with Crippen molar-refractivity contribution in [3.05, 3.63) is 41.7 Å². The molecular formula is C20H22N6O2. The van der Waals surface area contributed by atoms with Gasteiger partial charge in [-0.25, -0.2) is 9.50 Å². The van der Waals surface area contributed by atoms with Gasteiger partial charge in [-0.3, -0.25) is 4.79 Å². The Bertz CT molecular complexity index is 1090. The molecule has 1 aliphatic heterocycles. The monoisotopic (exact) mass is 378 g/mol. The molecule has 2 aliphatic rings. The number of anilines is 3. The van der Waals surface area contributed by atoms with Crippen LogP contribution in [0.15, 0.2) is 30.6 Å². The van der Waals surface area contributed by atoms with E-state index in [9.17, 15) is 9.90 Å². The maximum absolute atomic E-state index is 12.2. The highest BCUT2D eigenvalue weighted by Crippen LogP contribution is 2.37. The van der Waals surface area contributed by atoms with E-state index in [-0.39, 0.29) is 11.9 Å². The van der Waals surface area contributed by atoms with Crippen molar-refractivity contribution in [3.63, 3.8) is 0 Å². The van der Waals surface area contributed by atoms with Crippen molar-refractivity contribution in [2.24, 2.45) is 0 Å². The van der Waals surface area contributed by atoms with Crippen LogP contribution in [0.3, 0.4) is 0 Å². The second kappa shape index (κ2) is 6.00. The van der Waals surface area contributed by atoms with Crippen molar-refractivity contribution in [3.8, 4) is 0 Å². The molecule has 3 heterocycles. The second-order valence-corrected chi connectivity index (χ2v) is 8.06. The van der Waals surface area contributed by atoms with Gasteiger partial charge in [0.2, 0.25) is 5.95 Å². The Balaban J connectivity index is 1.45.